The van der Waals surface area contributed by atoms with Crippen molar-refractivity contribution in [2.75, 3.05) is 13.8 Å². The molecule has 0 fully saturated rings. The van der Waals surface area contributed by atoms with E-state index in [2.05, 4.69) is 4.90 Å². The largest absolute Gasteiger partial charge is 0.496 e. The Labute approximate surface area is 151 Å². The molecule has 0 atom stereocenters. The molecule has 1 aliphatic rings. The highest BCUT2D eigenvalue weighted by molar-refractivity contribution is 5.85. The molecule has 0 saturated heterocycles. The van der Waals surface area contributed by atoms with Crippen LogP contribution in [0.15, 0.2) is 51.7 Å². The van der Waals surface area contributed by atoms with E-state index in [1.165, 1.54) is 0 Å². The van der Waals surface area contributed by atoms with Crippen molar-refractivity contribution in [1.29, 1.82) is 0 Å². The average molecular weight is 351 g/mol. The van der Waals surface area contributed by atoms with Gasteiger partial charge in [-0.1, -0.05) is 25.1 Å². The Morgan fingerprint density at radius 1 is 1.15 bits per heavy atom. The standard InChI is InChI=1S/C21H21NO4/c1-3-14-10-20(23)26-21-16(14)8-9-19-17(21)12-22(13-25-19)11-15-6-4-5-7-18(15)24-2/h4-10H,3,11-13H2,1-2H3. The van der Waals surface area contributed by atoms with E-state index in [1.54, 1.807) is 13.2 Å². The molecule has 0 aliphatic carbocycles. The lowest BCUT2D eigenvalue weighted by atomic mass is 10.0. The van der Waals surface area contributed by atoms with Gasteiger partial charge >= 0.3 is 5.63 Å². The molecule has 26 heavy (non-hydrogen) atoms. The molecule has 1 aromatic heterocycles. The van der Waals surface area contributed by atoms with Crippen LogP contribution in [0.1, 0.15) is 23.6 Å². The number of methoxy groups -OCH3 is 1. The first-order chi connectivity index (χ1) is 12.7. The Hall–Kier alpha value is -2.79. The van der Waals surface area contributed by atoms with Crippen LogP contribution >= 0.6 is 0 Å². The summed E-state index contributed by atoms with van der Waals surface area (Å²) in [6.07, 6.45) is 0.784. The van der Waals surface area contributed by atoms with E-state index in [0.29, 0.717) is 25.4 Å². The summed E-state index contributed by atoms with van der Waals surface area (Å²) in [5, 5.41) is 0.980. The van der Waals surface area contributed by atoms with Crippen LogP contribution in [0.3, 0.4) is 0 Å². The molecule has 0 spiro atoms. The number of nitrogens with zero attached hydrogens (tertiary/aromatic N) is 1. The molecule has 0 bridgehead atoms. The Morgan fingerprint density at radius 2 is 2.00 bits per heavy atom. The molecular formula is C21H21NO4. The summed E-state index contributed by atoms with van der Waals surface area (Å²) in [6.45, 7) is 3.87. The van der Waals surface area contributed by atoms with Crippen LogP contribution in [0.2, 0.25) is 0 Å². The summed E-state index contributed by atoms with van der Waals surface area (Å²) >= 11 is 0. The zero-order valence-corrected chi connectivity index (χ0v) is 15.0. The summed E-state index contributed by atoms with van der Waals surface area (Å²) < 4.78 is 16.9. The molecule has 0 radical (unpaired) electrons. The van der Waals surface area contributed by atoms with Crippen molar-refractivity contribution in [3.05, 3.63) is 69.6 Å². The monoisotopic (exact) mass is 351 g/mol. The SMILES string of the molecule is CCc1cc(=O)oc2c3c(ccc12)OCN(Cc1ccccc1OC)C3. The molecule has 0 N–H and O–H groups in total. The van der Waals surface area contributed by atoms with Gasteiger partial charge in [-0.2, -0.15) is 0 Å². The Morgan fingerprint density at radius 3 is 2.81 bits per heavy atom. The number of rotatable bonds is 4. The second-order valence-corrected chi connectivity index (χ2v) is 6.44. The summed E-state index contributed by atoms with van der Waals surface area (Å²) in [6, 6.07) is 13.5. The lowest BCUT2D eigenvalue weighted by Gasteiger charge is -2.29. The fraction of sp³-hybridized carbons (Fsp3) is 0.286. The van der Waals surface area contributed by atoms with E-state index in [9.17, 15) is 4.79 Å². The fourth-order valence-corrected chi connectivity index (χ4v) is 3.51. The van der Waals surface area contributed by atoms with Gasteiger partial charge in [0, 0.05) is 30.1 Å². The smallest absolute Gasteiger partial charge is 0.336 e. The van der Waals surface area contributed by atoms with Crippen LogP contribution in [0, 0.1) is 0 Å². The predicted molar refractivity (Wildman–Crippen MR) is 99.6 cm³/mol. The molecule has 2 aromatic carbocycles. The van der Waals surface area contributed by atoms with E-state index in [-0.39, 0.29) is 5.63 Å². The van der Waals surface area contributed by atoms with Crippen molar-refractivity contribution in [3.63, 3.8) is 0 Å². The molecule has 5 nitrogen and oxygen atoms in total. The van der Waals surface area contributed by atoms with Crippen LogP contribution in [0.4, 0.5) is 0 Å². The van der Waals surface area contributed by atoms with Crippen molar-refractivity contribution in [2.45, 2.75) is 26.4 Å². The first-order valence-electron chi connectivity index (χ1n) is 8.75. The second-order valence-electron chi connectivity index (χ2n) is 6.44. The van der Waals surface area contributed by atoms with Crippen molar-refractivity contribution in [3.8, 4) is 11.5 Å². The van der Waals surface area contributed by atoms with Crippen LogP contribution in [0.25, 0.3) is 11.0 Å². The van der Waals surface area contributed by atoms with E-state index < -0.39 is 0 Å². The highest BCUT2D eigenvalue weighted by Gasteiger charge is 2.23. The Balaban J connectivity index is 1.71. The lowest BCUT2D eigenvalue weighted by molar-refractivity contribution is 0.0882. The predicted octanol–water partition coefficient (Wildman–Crippen LogP) is 3.72. The third-order valence-corrected chi connectivity index (χ3v) is 4.81. The van der Waals surface area contributed by atoms with Crippen molar-refractivity contribution in [1.82, 2.24) is 4.90 Å². The highest BCUT2D eigenvalue weighted by atomic mass is 16.5. The Bertz CT molecular complexity index is 1010. The van der Waals surface area contributed by atoms with E-state index in [1.807, 2.05) is 43.3 Å². The number of para-hydroxylation sites is 1. The van der Waals surface area contributed by atoms with Gasteiger partial charge in [0.05, 0.1) is 12.7 Å². The molecule has 0 amide bonds. The molecule has 0 unspecified atom stereocenters. The van der Waals surface area contributed by atoms with Gasteiger partial charge in [0.15, 0.2) is 0 Å². The van der Waals surface area contributed by atoms with Gasteiger partial charge < -0.3 is 13.9 Å². The minimum Gasteiger partial charge on any atom is -0.496 e. The molecule has 5 heteroatoms. The van der Waals surface area contributed by atoms with E-state index in [4.69, 9.17) is 13.9 Å². The molecule has 0 saturated carbocycles. The molecule has 134 valence electrons. The van der Waals surface area contributed by atoms with Crippen LogP contribution in [-0.2, 0) is 19.5 Å². The van der Waals surface area contributed by atoms with Gasteiger partial charge in [-0.05, 0) is 30.2 Å². The van der Waals surface area contributed by atoms with Crippen LogP contribution in [-0.4, -0.2) is 18.7 Å². The quantitative estimate of drug-likeness (QED) is 0.671. The van der Waals surface area contributed by atoms with Crippen molar-refractivity contribution in [2.24, 2.45) is 0 Å². The fourth-order valence-electron chi connectivity index (χ4n) is 3.51. The lowest BCUT2D eigenvalue weighted by Crippen LogP contribution is -2.31. The van der Waals surface area contributed by atoms with Gasteiger partial charge in [0.1, 0.15) is 23.8 Å². The molecular weight excluding hydrogens is 330 g/mol. The van der Waals surface area contributed by atoms with E-state index >= 15 is 0 Å². The third-order valence-electron chi connectivity index (χ3n) is 4.81. The first kappa shape index (κ1) is 16.7. The second kappa shape index (κ2) is 6.84. The molecule has 2 heterocycles. The first-order valence-corrected chi connectivity index (χ1v) is 8.75. The molecule has 1 aliphatic heterocycles. The summed E-state index contributed by atoms with van der Waals surface area (Å²) in [5.74, 6) is 1.64. The zero-order valence-electron chi connectivity index (χ0n) is 15.0. The van der Waals surface area contributed by atoms with Gasteiger partial charge in [0.25, 0.3) is 0 Å². The minimum absolute atomic E-state index is 0.315. The maximum atomic E-state index is 12.0. The van der Waals surface area contributed by atoms with Crippen LogP contribution in [0.5, 0.6) is 11.5 Å². The van der Waals surface area contributed by atoms with Gasteiger partial charge in [-0.15, -0.1) is 0 Å². The summed E-state index contributed by atoms with van der Waals surface area (Å²) in [5.41, 5.74) is 3.34. The van der Waals surface area contributed by atoms with Gasteiger partial charge in [-0.25, -0.2) is 4.79 Å². The maximum absolute atomic E-state index is 12.0. The number of fused-ring (bicyclic) bond motifs is 3. The van der Waals surface area contributed by atoms with Crippen molar-refractivity contribution < 1.29 is 13.9 Å². The number of benzene rings is 2. The topological polar surface area (TPSA) is 51.9 Å². The normalized spacial score (nSPS) is 14.1. The van der Waals surface area contributed by atoms with Crippen LogP contribution < -0.4 is 15.1 Å². The number of hydrogen-bond acceptors (Lipinski definition) is 5. The third kappa shape index (κ3) is 2.95. The molecule has 4 rings (SSSR count). The Kier molecular flexibility index (Phi) is 4.39. The number of aryl methyl sites for hydroxylation is 1. The molecule has 3 aromatic rings. The van der Waals surface area contributed by atoms with E-state index in [0.717, 1.165) is 40.0 Å². The maximum Gasteiger partial charge on any atom is 0.336 e. The van der Waals surface area contributed by atoms with Crippen molar-refractivity contribution >= 4 is 11.0 Å². The zero-order chi connectivity index (χ0) is 18.1. The highest BCUT2D eigenvalue weighted by Crippen LogP contribution is 2.34. The number of hydrogen-bond donors (Lipinski definition) is 0. The van der Waals surface area contributed by atoms with Gasteiger partial charge in [0.2, 0.25) is 0 Å². The van der Waals surface area contributed by atoms with Gasteiger partial charge in [-0.3, -0.25) is 4.90 Å². The number of ether oxygens (including phenoxy) is 2. The summed E-state index contributed by atoms with van der Waals surface area (Å²) in [7, 11) is 1.68. The minimum atomic E-state index is -0.315. The average Bonchev–Trinajstić information content (AvgIpc) is 2.67. The summed E-state index contributed by atoms with van der Waals surface area (Å²) in [4.78, 5) is 14.1.